The van der Waals surface area contributed by atoms with Crippen LogP contribution in [0.15, 0.2) is 38.4 Å². The highest BCUT2D eigenvalue weighted by Crippen LogP contribution is 2.26. The van der Waals surface area contributed by atoms with Gasteiger partial charge in [0.25, 0.3) is 0 Å². The number of nitrogens with zero attached hydrogens (tertiary/aromatic N) is 3. The molecule has 0 saturated carbocycles. The van der Waals surface area contributed by atoms with Gasteiger partial charge in [-0.1, -0.05) is 11.2 Å². The fourth-order valence-corrected chi connectivity index (χ4v) is 2.45. The zero-order valence-electron chi connectivity index (χ0n) is 9.36. The predicted octanol–water partition coefficient (Wildman–Crippen LogP) is 2.93. The summed E-state index contributed by atoms with van der Waals surface area (Å²) < 4.78 is 6.81. The van der Waals surface area contributed by atoms with Gasteiger partial charge in [-0.2, -0.15) is 4.98 Å². The third kappa shape index (κ3) is 3.24. The molecule has 0 bridgehead atoms. The van der Waals surface area contributed by atoms with Gasteiger partial charge in [-0.05, 0) is 37.9 Å². The maximum atomic E-state index is 5.12. The van der Waals surface area contributed by atoms with Crippen LogP contribution < -0.4 is 5.32 Å². The molecule has 0 atom stereocenters. The van der Waals surface area contributed by atoms with E-state index < -0.39 is 0 Å². The van der Waals surface area contributed by atoms with Crippen molar-refractivity contribution in [3.8, 4) is 11.5 Å². The molecule has 0 saturated heterocycles. The number of hydrogen-bond acceptors (Lipinski definition) is 5. The van der Waals surface area contributed by atoms with Crippen molar-refractivity contribution < 1.29 is 4.52 Å². The third-order valence-electron chi connectivity index (χ3n) is 2.05. The van der Waals surface area contributed by atoms with Gasteiger partial charge in [0.1, 0.15) is 5.69 Å². The molecule has 0 unspecified atom stereocenters. The van der Waals surface area contributed by atoms with Crippen LogP contribution in [0.1, 0.15) is 5.89 Å². The van der Waals surface area contributed by atoms with E-state index in [1.165, 1.54) is 0 Å². The molecule has 0 aliphatic carbocycles. The first-order valence-corrected chi connectivity index (χ1v) is 6.75. The molecule has 7 heteroatoms. The molecule has 2 rings (SSSR count). The van der Waals surface area contributed by atoms with Gasteiger partial charge in [-0.15, -0.1) is 6.58 Å². The summed E-state index contributed by atoms with van der Waals surface area (Å²) in [5.41, 5.74) is 0.650. The number of rotatable bonds is 5. The van der Waals surface area contributed by atoms with E-state index in [1.807, 2.05) is 6.07 Å². The molecule has 94 valence electrons. The lowest BCUT2D eigenvalue weighted by Crippen LogP contribution is -2.12. The first kappa shape index (κ1) is 13.4. The van der Waals surface area contributed by atoms with Crippen molar-refractivity contribution in [2.24, 2.45) is 0 Å². The molecule has 0 amide bonds. The van der Waals surface area contributed by atoms with Crippen LogP contribution in [-0.2, 0) is 6.54 Å². The van der Waals surface area contributed by atoms with Gasteiger partial charge in [0.15, 0.2) is 0 Å². The van der Waals surface area contributed by atoms with E-state index in [4.69, 9.17) is 4.52 Å². The Kier molecular flexibility index (Phi) is 4.62. The van der Waals surface area contributed by atoms with E-state index in [2.05, 4.69) is 58.9 Å². The molecule has 0 aromatic carbocycles. The fraction of sp³-hybridized carbons (Fsp3) is 0.182. The Morgan fingerprint density at radius 1 is 1.44 bits per heavy atom. The average Bonchev–Trinajstić information content (AvgIpc) is 2.78. The molecule has 2 aromatic rings. The quantitative estimate of drug-likeness (QED) is 0.644. The van der Waals surface area contributed by atoms with E-state index in [9.17, 15) is 0 Å². The van der Waals surface area contributed by atoms with Crippen molar-refractivity contribution >= 4 is 31.9 Å². The SMILES string of the molecule is C=CCNCc1nc(-c2ncc(Br)cc2Br)no1. The average molecular weight is 374 g/mol. The summed E-state index contributed by atoms with van der Waals surface area (Å²) in [6, 6.07) is 1.88. The smallest absolute Gasteiger partial charge is 0.240 e. The molecule has 0 aliphatic rings. The van der Waals surface area contributed by atoms with Crippen LogP contribution in [0, 0.1) is 0 Å². The summed E-state index contributed by atoms with van der Waals surface area (Å²) in [5, 5.41) is 6.98. The van der Waals surface area contributed by atoms with E-state index in [-0.39, 0.29) is 0 Å². The van der Waals surface area contributed by atoms with Crippen LogP contribution in [0.3, 0.4) is 0 Å². The van der Waals surface area contributed by atoms with Crippen LogP contribution in [0.2, 0.25) is 0 Å². The predicted molar refractivity (Wildman–Crippen MR) is 74.8 cm³/mol. The number of halogens is 2. The normalized spacial score (nSPS) is 10.6. The van der Waals surface area contributed by atoms with Crippen LogP contribution in [0.4, 0.5) is 0 Å². The van der Waals surface area contributed by atoms with Gasteiger partial charge in [-0.3, -0.25) is 4.98 Å². The molecule has 5 nitrogen and oxygen atoms in total. The lowest BCUT2D eigenvalue weighted by molar-refractivity contribution is 0.370. The van der Waals surface area contributed by atoms with Crippen LogP contribution in [-0.4, -0.2) is 21.7 Å². The Morgan fingerprint density at radius 2 is 2.28 bits per heavy atom. The Labute approximate surface area is 121 Å². The molecule has 1 N–H and O–H groups in total. The first-order chi connectivity index (χ1) is 8.70. The van der Waals surface area contributed by atoms with E-state index >= 15 is 0 Å². The zero-order chi connectivity index (χ0) is 13.0. The zero-order valence-corrected chi connectivity index (χ0v) is 12.5. The minimum atomic E-state index is 0.463. The third-order valence-corrected chi connectivity index (χ3v) is 3.09. The number of nitrogens with one attached hydrogen (secondary N) is 1. The van der Waals surface area contributed by atoms with Gasteiger partial charge >= 0.3 is 0 Å². The molecule has 18 heavy (non-hydrogen) atoms. The second-order valence-electron chi connectivity index (χ2n) is 3.42. The van der Waals surface area contributed by atoms with Gasteiger partial charge in [0.05, 0.1) is 6.54 Å². The Morgan fingerprint density at radius 3 is 3.00 bits per heavy atom. The summed E-state index contributed by atoms with van der Waals surface area (Å²) in [5.74, 6) is 0.980. The number of pyridine rings is 1. The molecule has 2 aromatic heterocycles. The second-order valence-corrected chi connectivity index (χ2v) is 5.19. The molecule has 0 aliphatic heterocycles. The maximum Gasteiger partial charge on any atom is 0.240 e. The summed E-state index contributed by atoms with van der Waals surface area (Å²) in [6.07, 6.45) is 3.45. The first-order valence-electron chi connectivity index (χ1n) is 5.16. The molecule has 0 spiro atoms. The molecular weight excluding hydrogens is 364 g/mol. The van der Waals surface area contributed by atoms with Crippen LogP contribution in [0.25, 0.3) is 11.5 Å². The van der Waals surface area contributed by atoms with Crippen LogP contribution in [0.5, 0.6) is 0 Å². The van der Waals surface area contributed by atoms with Crippen molar-refractivity contribution in [1.82, 2.24) is 20.4 Å². The van der Waals surface area contributed by atoms with Crippen molar-refractivity contribution in [3.05, 3.63) is 39.8 Å². The van der Waals surface area contributed by atoms with Gasteiger partial charge in [0.2, 0.25) is 11.7 Å². The van der Waals surface area contributed by atoms with Crippen molar-refractivity contribution in [2.75, 3.05) is 6.54 Å². The fourth-order valence-electron chi connectivity index (χ4n) is 1.28. The standard InChI is InChI=1S/C11H10Br2N4O/c1-2-3-14-6-9-16-11(17-18-9)10-8(13)4-7(12)5-15-10/h2,4-5,14H,1,3,6H2. The number of aromatic nitrogens is 3. The topological polar surface area (TPSA) is 63.8 Å². The van der Waals surface area contributed by atoms with Crippen molar-refractivity contribution in [3.63, 3.8) is 0 Å². The molecule has 0 fully saturated rings. The molecular formula is C11H10Br2N4O. The highest BCUT2D eigenvalue weighted by molar-refractivity contribution is 9.11. The van der Waals surface area contributed by atoms with Gasteiger partial charge < -0.3 is 9.84 Å². The summed E-state index contributed by atoms with van der Waals surface area (Å²) in [6.45, 7) is 4.81. The Balaban J connectivity index is 2.16. The van der Waals surface area contributed by atoms with Gasteiger partial charge in [-0.25, -0.2) is 0 Å². The van der Waals surface area contributed by atoms with E-state index in [0.29, 0.717) is 30.5 Å². The highest BCUT2D eigenvalue weighted by Gasteiger charge is 2.12. The summed E-state index contributed by atoms with van der Waals surface area (Å²) >= 11 is 6.75. The van der Waals surface area contributed by atoms with E-state index in [0.717, 1.165) is 8.95 Å². The summed E-state index contributed by atoms with van der Waals surface area (Å²) in [4.78, 5) is 8.50. The largest absolute Gasteiger partial charge is 0.337 e. The number of hydrogen-bond donors (Lipinski definition) is 1. The monoisotopic (exact) mass is 372 g/mol. The van der Waals surface area contributed by atoms with Crippen molar-refractivity contribution in [1.29, 1.82) is 0 Å². The minimum Gasteiger partial charge on any atom is -0.337 e. The maximum absolute atomic E-state index is 5.12. The second kappa shape index (κ2) is 6.21. The lowest BCUT2D eigenvalue weighted by atomic mass is 10.3. The summed E-state index contributed by atoms with van der Waals surface area (Å²) in [7, 11) is 0. The van der Waals surface area contributed by atoms with Gasteiger partial charge in [0, 0.05) is 21.7 Å². The minimum absolute atomic E-state index is 0.463. The van der Waals surface area contributed by atoms with Crippen molar-refractivity contribution in [2.45, 2.75) is 6.54 Å². The van der Waals surface area contributed by atoms with Crippen LogP contribution >= 0.6 is 31.9 Å². The highest BCUT2D eigenvalue weighted by atomic mass is 79.9. The Bertz CT molecular complexity index is 556. The molecule has 2 heterocycles. The Hall–Kier alpha value is -1.05. The molecule has 0 radical (unpaired) electrons. The van der Waals surface area contributed by atoms with E-state index in [1.54, 1.807) is 12.3 Å². The lowest BCUT2D eigenvalue weighted by Gasteiger charge is -1.98.